The molecule has 0 aromatic rings. The van der Waals surface area contributed by atoms with Crippen LogP contribution in [0.15, 0.2) is 0 Å². The largest absolute Gasteiger partial charge is 0.413 e. The van der Waals surface area contributed by atoms with Crippen molar-refractivity contribution in [3.63, 3.8) is 0 Å². The third-order valence-corrected chi connectivity index (χ3v) is 2.28. The van der Waals surface area contributed by atoms with Crippen LogP contribution < -0.4 is 0 Å². The summed E-state index contributed by atoms with van der Waals surface area (Å²) >= 11 is 0. The van der Waals surface area contributed by atoms with Crippen molar-refractivity contribution in [2.45, 2.75) is 58.1 Å². The summed E-state index contributed by atoms with van der Waals surface area (Å²) in [6.45, 7) is 6.30. The number of carbonyl (C=O) groups is 1. The van der Waals surface area contributed by atoms with E-state index in [0.717, 1.165) is 0 Å². The van der Waals surface area contributed by atoms with Gasteiger partial charge in [0, 0.05) is 20.3 Å². The lowest BCUT2D eigenvalue weighted by molar-refractivity contribution is -0.289. The molecule has 1 heterocycles. The Morgan fingerprint density at radius 2 is 2.00 bits per heavy atom. The van der Waals surface area contributed by atoms with Crippen molar-refractivity contribution in [2.75, 3.05) is 6.61 Å². The van der Waals surface area contributed by atoms with Gasteiger partial charge in [-0.15, -0.1) is 0 Å². The summed E-state index contributed by atoms with van der Waals surface area (Å²) in [5.41, 5.74) is 0. The van der Waals surface area contributed by atoms with Crippen LogP contribution in [-0.2, 0) is 23.7 Å². The van der Waals surface area contributed by atoms with Gasteiger partial charge in [-0.1, -0.05) is 6.42 Å². The number of aliphatic hydroxyl groups is 1. The zero-order valence-corrected chi connectivity index (χ0v) is 11.6. The molecule has 0 aliphatic carbocycles. The quantitative estimate of drug-likeness (QED) is 0.589. The highest BCUT2D eigenvalue weighted by Gasteiger charge is 2.37. The van der Waals surface area contributed by atoms with E-state index in [4.69, 9.17) is 25.4 Å². The van der Waals surface area contributed by atoms with Gasteiger partial charge in [0.1, 0.15) is 6.11 Å². The van der Waals surface area contributed by atoms with Gasteiger partial charge in [-0.25, -0.2) is 0 Å². The first-order chi connectivity index (χ1) is 8.63. The van der Waals surface area contributed by atoms with Crippen molar-refractivity contribution in [2.24, 2.45) is 0 Å². The molecule has 1 rings (SSSR count). The van der Waals surface area contributed by atoms with Gasteiger partial charge < -0.3 is 24.1 Å². The maximum atomic E-state index is 11.9. The van der Waals surface area contributed by atoms with E-state index in [1.54, 1.807) is 13.8 Å². The third kappa shape index (κ3) is 5.57. The maximum absolute atomic E-state index is 11.9. The molecule has 1 fully saturated rings. The molecule has 0 unspecified atom stereocenters. The smallest absolute Gasteiger partial charge is 0.221 e. The lowest BCUT2D eigenvalue weighted by Gasteiger charge is -2.34. The van der Waals surface area contributed by atoms with Gasteiger partial charge in [-0.05, 0) is 13.8 Å². The summed E-state index contributed by atoms with van der Waals surface area (Å²) in [6, 6.07) is 0. The normalized spacial score (nSPS) is 24.9. The van der Waals surface area contributed by atoms with E-state index in [2.05, 4.69) is 0 Å². The minimum atomic E-state index is -1.31. The lowest BCUT2D eigenvalue weighted by Crippen LogP contribution is -2.47. The molecule has 1 aliphatic heterocycles. The summed E-state index contributed by atoms with van der Waals surface area (Å²) in [5.74, 6) is -2.71. The molecule has 19 heavy (non-hydrogen) atoms. The molecule has 0 radical (unpaired) electrons. The Hall–Kier alpha value is -1.13. The Bertz CT molecular complexity index is 362. The fraction of sp³-hybridized carbons (Fsp3) is 0.769. The number of ether oxygens (including phenoxy) is 4. The second-order valence-electron chi connectivity index (χ2n) is 5.26. The first-order valence-electron chi connectivity index (χ1n) is 5.99. The molecule has 0 aromatic carbocycles. The van der Waals surface area contributed by atoms with Crippen molar-refractivity contribution in [3.05, 3.63) is 0 Å². The molecule has 6 heteroatoms. The Morgan fingerprint density at radius 3 is 2.47 bits per heavy atom. The van der Waals surface area contributed by atoms with Crippen LogP contribution in [0.4, 0.5) is 0 Å². The number of Topliss-reactive ketones (excluding diaryl/α,β-unsaturated/α-hetero) is 1. The Labute approximate surface area is 113 Å². The Kier molecular flexibility index (Phi) is 4.93. The maximum Gasteiger partial charge on any atom is 0.221 e. The fourth-order valence-corrected chi connectivity index (χ4v) is 1.67. The second kappa shape index (κ2) is 5.88. The Balaban J connectivity index is 2.52. The predicted molar refractivity (Wildman–Crippen MR) is 65.6 cm³/mol. The van der Waals surface area contributed by atoms with E-state index in [0.29, 0.717) is 0 Å². The summed E-state index contributed by atoms with van der Waals surface area (Å²) in [6.07, 6.45) is 5.59. The number of rotatable bonds is 5. The van der Waals surface area contributed by atoms with Gasteiger partial charge in [0.2, 0.25) is 12.1 Å². The van der Waals surface area contributed by atoms with Crippen LogP contribution in [0, 0.1) is 12.5 Å². The van der Waals surface area contributed by atoms with E-state index < -0.39 is 24.0 Å². The van der Waals surface area contributed by atoms with Gasteiger partial charge in [0.25, 0.3) is 0 Å². The number of carbonyl (C=O) groups excluding carboxylic acids is 1. The van der Waals surface area contributed by atoms with Crippen molar-refractivity contribution < 1.29 is 28.8 Å². The van der Waals surface area contributed by atoms with Crippen LogP contribution in [-0.4, -0.2) is 41.5 Å². The molecule has 0 spiro atoms. The minimum Gasteiger partial charge on any atom is -0.413 e. The van der Waals surface area contributed by atoms with Crippen LogP contribution in [0.25, 0.3) is 0 Å². The first kappa shape index (κ1) is 15.9. The van der Waals surface area contributed by atoms with Crippen molar-refractivity contribution in [3.8, 4) is 12.5 Å². The third-order valence-electron chi connectivity index (χ3n) is 2.28. The van der Waals surface area contributed by atoms with Crippen molar-refractivity contribution >= 4 is 5.78 Å². The Morgan fingerprint density at radius 1 is 1.37 bits per heavy atom. The van der Waals surface area contributed by atoms with E-state index in [1.165, 1.54) is 13.8 Å². The molecule has 1 aliphatic rings. The molecule has 1 N–H and O–H groups in total. The molecular formula is C13H20O6. The van der Waals surface area contributed by atoms with E-state index in [9.17, 15) is 9.90 Å². The topological polar surface area (TPSA) is 74.2 Å². The molecule has 6 nitrogen and oxygen atoms in total. The standard InChI is InChI=1S/C13H20O6/c1-6-17-13(4,5)19-11-10(14)7-9(8-16-11)18-12(2,3)15/h1,9,11,15H,7-8H2,2-5H3/t9-,11-/m0/s1. The number of hydrogen-bond acceptors (Lipinski definition) is 6. The molecular weight excluding hydrogens is 252 g/mol. The zero-order chi connectivity index (χ0) is 14.7. The van der Waals surface area contributed by atoms with Crippen LogP contribution in [0.5, 0.6) is 0 Å². The number of terminal acetylenes is 1. The molecule has 0 bridgehead atoms. The fourth-order valence-electron chi connectivity index (χ4n) is 1.67. The zero-order valence-electron chi connectivity index (χ0n) is 11.6. The number of hydrogen-bond donors (Lipinski definition) is 1. The summed E-state index contributed by atoms with van der Waals surface area (Å²) in [7, 11) is 0. The molecule has 108 valence electrons. The SMILES string of the molecule is C#COC(C)(C)O[C@@H]1OC[C@@H](OC(C)(C)O)CC1=O. The van der Waals surface area contributed by atoms with E-state index in [-0.39, 0.29) is 18.8 Å². The van der Waals surface area contributed by atoms with Crippen LogP contribution in [0.1, 0.15) is 34.1 Å². The molecule has 2 atom stereocenters. The highest BCUT2D eigenvalue weighted by atomic mass is 16.8. The van der Waals surface area contributed by atoms with Crippen molar-refractivity contribution in [1.29, 1.82) is 0 Å². The van der Waals surface area contributed by atoms with E-state index in [1.807, 2.05) is 6.11 Å². The average molecular weight is 272 g/mol. The highest BCUT2D eigenvalue weighted by Crippen LogP contribution is 2.22. The van der Waals surface area contributed by atoms with Gasteiger partial charge in [0.05, 0.1) is 12.7 Å². The molecule has 0 saturated carbocycles. The lowest BCUT2D eigenvalue weighted by atomic mass is 10.1. The van der Waals surface area contributed by atoms with Gasteiger partial charge in [-0.3, -0.25) is 4.79 Å². The molecule has 1 saturated heterocycles. The summed E-state index contributed by atoms with van der Waals surface area (Å²) < 4.78 is 20.8. The van der Waals surface area contributed by atoms with Crippen LogP contribution in [0.3, 0.4) is 0 Å². The highest BCUT2D eigenvalue weighted by molar-refractivity contribution is 5.82. The summed E-state index contributed by atoms with van der Waals surface area (Å²) in [4.78, 5) is 11.9. The summed E-state index contributed by atoms with van der Waals surface area (Å²) in [5, 5.41) is 9.52. The van der Waals surface area contributed by atoms with Gasteiger partial charge >= 0.3 is 0 Å². The second-order valence-corrected chi connectivity index (χ2v) is 5.26. The molecule has 0 aromatic heterocycles. The molecule has 0 amide bonds. The average Bonchev–Trinajstić information content (AvgIpc) is 2.19. The van der Waals surface area contributed by atoms with Crippen molar-refractivity contribution in [1.82, 2.24) is 0 Å². The van der Waals surface area contributed by atoms with Crippen LogP contribution in [0.2, 0.25) is 0 Å². The van der Waals surface area contributed by atoms with Gasteiger partial charge in [-0.2, -0.15) is 0 Å². The first-order valence-corrected chi connectivity index (χ1v) is 5.99. The van der Waals surface area contributed by atoms with Crippen LogP contribution >= 0.6 is 0 Å². The monoisotopic (exact) mass is 272 g/mol. The van der Waals surface area contributed by atoms with Gasteiger partial charge in [0.15, 0.2) is 11.6 Å². The minimum absolute atomic E-state index is 0.0980. The van der Waals surface area contributed by atoms with E-state index >= 15 is 0 Å². The number of ketones is 1. The predicted octanol–water partition coefficient (Wildman–Crippen LogP) is 0.775.